The summed E-state index contributed by atoms with van der Waals surface area (Å²) >= 11 is 10.3. The van der Waals surface area contributed by atoms with Crippen molar-refractivity contribution >= 4 is 47.8 Å². The van der Waals surface area contributed by atoms with Crippen LogP contribution in [0.2, 0.25) is 0 Å². The Kier molecular flexibility index (Phi) is 3.17. The first kappa shape index (κ1) is 9.74. The number of halogens is 3. The summed E-state index contributed by atoms with van der Waals surface area (Å²) in [7, 11) is 0. The highest BCUT2D eigenvalue weighted by Crippen LogP contribution is 2.27. The summed E-state index contributed by atoms with van der Waals surface area (Å²) in [6, 6.07) is 0.423. The van der Waals surface area contributed by atoms with E-state index < -0.39 is 0 Å². The molecule has 0 aliphatic heterocycles. The maximum absolute atomic E-state index is 3.46. The van der Waals surface area contributed by atoms with Crippen LogP contribution in [0.25, 0.3) is 0 Å². The van der Waals surface area contributed by atoms with Gasteiger partial charge in [-0.3, -0.25) is 0 Å². The lowest BCUT2D eigenvalue weighted by atomic mass is 10.4. The molecule has 1 heterocycles. The number of H-pyrrole nitrogens is 1. The highest BCUT2D eigenvalue weighted by molar-refractivity contribution is 9.14. The molecule has 0 aliphatic carbocycles. The summed E-state index contributed by atoms with van der Waals surface area (Å²) in [5.74, 6) is 0. The van der Waals surface area contributed by atoms with E-state index in [1.165, 1.54) is 0 Å². The Hall–Kier alpha value is 0.650. The third-order valence-corrected chi connectivity index (χ3v) is 4.51. The molecule has 0 amide bonds. The van der Waals surface area contributed by atoms with E-state index in [4.69, 9.17) is 0 Å². The van der Waals surface area contributed by atoms with Crippen LogP contribution in [0.15, 0.2) is 13.7 Å². The topological polar surface area (TPSA) is 19.7 Å². The molecule has 0 fully saturated rings. The van der Waals surface area contributed by atoms with Gasteiger partial charge in [0.15, 0.2) is 10.6 Å². The number of nitrogens with one attached hydrogen (secondary N) is 1. The van der Waals surface area contributed by atoms with Crippen molar-refractivity contribution in [3.63, 3.8) is 0 Å². The van der Waals surface area contributed by atoms with Gasteiger partial charge in [0.25, 0.3) is 4.60 Å². The summed E-state index contributed by atoms with van der Waals surface area (Å²) in [6.07, 6.45) is 0. The van der Waals surface area contributed by atoms with Gasteiger partial charge in [-0.2, -0.15) is 5.10 Å². The number of aromatic nitrogens is 2. The minimum absolute atomic E-state index is 0.423. The van der Waals surface area contributed by atoms with Crippen LogP contribution in [0, 0.1) is 0 Å². The SMILES string of the molecule is CC(C)[n+]1[nH]c(Br)c(Br)c1Br. The minimum atomic E-state index is 0.423. The second-order valence-corrected chi connectivity index (χ2v) is 4.83. The van der Waals surface area contributed by atoms with Crippen LogP contribution in [0.4, 0.5) is 0 Å². The summed E-state index contributed by atoms with van der Waals surface area (Å²) in [4.78, 5) is 0. The number of rotatable bonds is 1. The molecule has 11 heavy (non-hydrogen) atoms. The highest BCUT2D eigenvalue weighted by atomic mass is 79.9. The highest BCUT2D eigenvalue weighted by Gasteiger charge is 2.21. The van der Waals surface area contributed by atoms with Crippen molar-refractivity contribution in [2.45, 2.75) is 19.9 Å². The van der Waals surface area contributed by atoms with E-state index in [1.54, 1.807) is 0 Å². The molecular weight excluding hydrogens is 340 g/mol. The second-order valence-electron chi connectivity index (χ2n) is 2.49. The maximum atomic E-state index is 3.46. The molecule has 0 unspecified atom stereocenters. The number of aromatic amines is 1. The predicted octanol–water partition coefficient (Wildman–Crippen LogP) is 3.17. The van der Waals surface area contributed by atoms with Crippen LogP contribution >= 0.6 is 47.8 Å². The second kappa shape index (κ2) is 3.58. The average molecular weight is 348 g/mol. The molecule has 0 aromatic carbocycles. The molecule has 1 rings (SSSR count). The van der Waals surface area contributed by atoms with E-state index in [0.29, 0.717) is 6.04 Å². The Morgan fingerprint density at radius 1 is 1.27 bits per heavy atom. The van der Waals surface area contributed by atoms with Crippen molar-refractivity contribution in [3.8, 4) is 0 Å². The van der Waals surface area contributed by atoms with Crippen LogP contribution < -0.4 is 4.68 Å². The molecule has 0 aliphatic rings. The van der Waals surface area contributed by atoms with Crippen molar-refractivity contribution in [1.82, 2.24) is 5.10 Å². The van der Waals surface area contributed by atoms with Crippen molar-refractivity contribution in [2.75, 3.05) is 0 Å². The zero-order valence-electron chi connectivity index (χ0n) is 6.16. The molecule has 0 saturated heterocycles. The number of nitrogens with zero attached hydrogens (tertiary/aromatic N) is 1. The molecule has 0 bridgehead atoms. The molecule has 0 saturated carbocycles. The first-order valence-electron chi connectivity index (χ1n) is 3.18. The Morgan fingerprint density at radius 2 is 1.82 bits per heavy atom. The largest absolute Gasteiger partial charge is 0.288 e. The van der Waals surface area contributed by atoms with Crippen molar-refractivity contribution < 1.29 is 4.68 Å². The van der Waals surface area contributed by atoms with Gasteiger partial charge in [-0.15, -0.1) is 0 Å². The Bertz CT molecular complexity index is 267. The van der Waals surface area contributed by atoms with E-state index in [1.807, 2.05) is 4.68 Å². The predicted molar refractivity (Wildman–Crippen MR) is 54.5 cm³/mol. The molecule has 0 radical (unpaired) electrons. The average Bonchev–Trinajstić information content (AvgIpc) is 2.17. The van der Waals surface area contributed by atoms with Gasteiger partial charge in [0, 0.05) is 15.9 Å². The molecule has 1 aromatic rings. The Balaban J connectivity index is 3.19. The molecule has 0 spiro atoms. The van der Waals surface area contributed by atoms with Gasteiger partial charge in [0.2, 0.25) is 0 Å². The third kappa shape index (κ3) is 1.87. The van der Waals surface area contributed by atoms with Gasteiger partial charge in [-0.25, -0.2) is 0 Å². The van der Waals surface area contributed by atoms with E-state index in [9.17, 15) is 0 Å². The third-order valence-electron chi connectivity index (χ3n) is 1.32. The van der Waals surface area contributed by atoms with Crippen LogP contribution in [0.1, 0.15) is 19.9 Å². The van der Waals surface area contributed by atoms with Gasteiger partial charge in [-0.05, 0) is 45.7 Å². The molecule has 1 aromatic heterocycles. The molecule has 0 atom stereocenters. The van der Waals surface area contributed by atoms with Crippen molar-refractivity contribution in [3.05, 3.63) is 13.7 Å². The lowest BCUT2D eigenvalue weighted by Gasteiger charge is -1.93. The lowest BCUT2D eigenvalue weighted by molar-refractivity contribution is -0.778. The minimum Gasteiger partial charge on any atom is -0.156 e. The molecule has 2 nitrogen and oxygen atoms in total. The van der Waals surface area contributed by atoms with Crippen LogP contribution in [0.3, 0.4) is 0 Å². The van der Waals surface area contributed by atoms with Crippen LogP contribution in [0.5, 0.6) is 0 Å². The zero-order chi connectivity index (χ0) is 8.59. The normalized spacial score (nSPS) is 11.1. The summed E-state index contributed by atoms with van der Waals surface area (Å²) in [6.45, 7) is 4.22. The van der Waals surface area contributed by atoms with Crippen LogP contribution in [-0.4, -0.2) is 5.10 Å². The van der Waals surface area contributed by atoms with E-state index >= 15 is 0 Å². The summed E-state index contributed by atoms with van der Waals surface area (Å²) < 4.78 is 5.03. The molecular formula is C6H8Br3N2+. The fourth-order valence-corrected chi connectivity index (χ4v) is 2.38. The Labute approximate surface area is 90.7 Å². The van der Waals surface area contributed by atoms with Crippen molar-refractivity contribution in [2.24, 2.45) is 0 Å². The summed E-state index contributed by atoms with van der Waals surface area (Å²) in [5, 5.41) is 3.15. The fourth-order valence-electron chi connectivity index (χ4n) is 0.756. The quantitative estimate of drug-likeness (QED) is 0.753. The van der Waals surface area contributed by atoms with E-state index in [-0.39, 0.29) is 0 Å². The van der Waals surface area contributed by atoms with Gasteiger partial charge >= 0.3 is 0 Å². The first-order chi connectivity index (χ1) is 5.04. The zero-order valence-corrected chi connectivity index (χ0v) is 10.9. The molecule has 1 N–H and O–H groups in total. The van der Waals surface area contributed by atoms with Crippen LogP contribution in [-0.2, 0) is 0 Å². The van der Waals surface area contributed by atoms with Gasteiger partial charge < -0.3 is 0 Å². The number of hydrogen-bond acceptors (Lipinski definition) is 0. The first-order valence-corrected chi connectivity index (χ1v) is 5.56. The fraction of sp³-hybridized carbons (Fsp3) is 0.500. The smallest absolute Gasteiger partial charge is 0.156 e. The van der Waals surface area contributed by atoms with E-state index in [0.717, 1.165) is 13.7 Å². The summed E-state index contributed by atoms with van der Waals surface area (Å²) in [5.41, 5.74) is 0. The maximum Gasteiger partial charge on any atom is 0.288 e. The molecule has 62 valence electrons. The standard InChI is InChI=1S/C6H7Br3N2/c1-3(2)11-6(9)4(7)5(8)10-11/h3H,1-2H3/p+1. The molecule has 5 heteroatoms. The van der Waals surface area contributed by atoms with Gasteiger partial charge in [0.05, 0.1) is 0 Å². The van der Waals surface area contributed by atoms with Crippen molar-refractivity contribution in [1.29, 1.82) is 0 Å². The lowest BCUT2D eigenvalue weighted by Crippen LogP contribution is -2.39. The van der Waals surface area contributed by atoms with Gasteiger partial charge in [-0.1, -0.05) is 4.68 Å². The monoisotopic (exact) mass is 345 g/mol. The van der Waals surface area contributed by atoms with Gasteiger partial charge in [0.1, 0.15) is 4.47 Å². The van der Waals surface area contributed by atoms with E-state index in [2.05, 4.69) is 66.7 Å². The Morgan fingerprint density at radius 3 is 2.00 bits per heavy atom. The number of hydrogen-bond donors (Lipinski definition) is 1.